The number of likely N-dealkylation sites (N-methyl/N-ethyl adjacent to an activating group) is 1. The highest BCUT2D eigenvalue weighted by Crippen LogP contribution is 2.29. The molecule has 1 aliphatic carbocycles. The summed E-state index contributed by atoms with van der Waals surface area (Å²) >= 11 is 0. The molecule has 1 saturated carbocycles. The second kappa shape index (κ2) is 11.9. The average molecular weight is 478 g/mol. The molecule has 35 heavy (non-hydrogen) atoms. The van der Waals surface area contributed by atoms with E-state index in [1.807, 2.05) is 37.3 Å². The van der Waals surface area contributed by atoms with Crippen molar-refractivity contribution in [3.8, 4) is 17.1 Å². The van der Waals surface area contributed by atoms with Gasteiger partial charge in [0.15, 0.2) is 5.82 Å². The molecule has 2 heterocycles. The van der Waals surface area contributed by atoms with Gasteiger partial charge in [-0.05, 0) is 44.5 Å². The minimum Gasteiger partial charge on any atom is -0.491 e. The smallest absolute Gasteiger partial charge is 0.228 e. The molecule has 0 aliphatic heterocycles. The lowest BCUT2D eigenvalue weighted by molar-refractivity contribution is 0.108. The fraction of sp³-hybridized carbons (Fsp3) is 0.462. The van der Waals surface area contributed by atoms with Crippen LogP contribution >= 0.6 is 0 Å². The zero-order valence-corrected chi connectivity index (χ0v) is 20.7. The monoisotopic (exact) mass is 477 g/mol. The van der Waals surface area contributed by atoms with Gasteiger partial charge in [-0.15, -0.1) is 0 Å². The third-order valence-electron chi connectivity index (χ3n) is 6.19. The molecule has 1 fully saturated rings. The molecule has 0 amide bonds. The maximum absolute atomic E-state index is 9.97. The number of anilines is 3. The number of hydrogen-bond acceptors (Lipinski definition) is 9. The highest BCUT2D eigenvalue weighted by atomic mass is 16.5. The van der Waals surface area contributed by atoms with Gasteiger partial charge in [0.05, 0.1) is 0 Å². The minimum absolute atomic E-state index is 0.202. The lowest BCUT2D eigenvalue weighted by Crippen LogP contribution is -2.34. The standard InChI is InChI=1S/C26H35N7O2/c1-18-14-28-26(29-15-18)31-23-13-24(33(3)20-9-5-4-6-10-20)32-25(30-23)19-8-7-11-22(12-19)35-17-21(34)16-27-2/h7-8,11-15,20-21,27,34H,4-6,9-10,16-17H2,1-3H3,(H,28,29,30,31,32). The Hall–Kier alpha value is -3.30. The number of aliphatic hydroxyl groups excluding tert-OH is 1. The molecule has 0 radical (unpaired) electrons. The second-order valence-electron chi connectivity index (χ2n) is 9.10. The van der Waals surface area contributed by atoms with E-state index in [9.17, 15) is 5.11 Å². The maximum atomic E-state index is 9.97. The van der Waals surface area contributed by atoms with E-state index in [4.69, 9.17) is 14.7 Å². The van der Waals surface area contributed by atoms with E-state index in [1.165, 1.54) is 19.3 Å². The topological polar surface area (TPSA) is 108 Å². The lowest BCUT2D eigenvalue weighted by atomic mass is 9.94. The Morgan fingerprint density at radius 3 is 2.63 bits per heavy atom. The number of hydrogen-bond donors (Lipinski definition) is 3. The molecule has 9 nitrogen and oxygen atoms in total. The molecule has 1 unspecified atom stereocenters. The number of benzene rings is 1. The van der Waals surface area contributed by atoms with Gasteiger partial charge in [0.1, 0.15) is 30.1 Å². The van der Waals surface area contributed by atoms with Gasteiger partial charge < -0.3 is 25.4 Å². The predicted molar refractivity (Wildman–Crippen MR) is 138 cm³/mol. The zero-order valence-electron chi connectivity index (χ0n) is 20.7. The van der Waals surface area contributed by atoms with Crippen LogP contribution in [0.2, 0.25) is 0 Å². The Balaban J connectivity index is 1.63. The summed E-state index contributed by atoms with van der Waals surface area (Å²) in [5.74, 6) is 3.21. The molecular formula is C26H35N7O2. The Labute approximate surface area is 207 Å². The number of rotatable bonds is 10. The van der Waals surface area contributed by atoms with Crippen LogP contribution in [0.5, 0.6) is 5.75 Å². The summed E-state index contributed by atoms with van der Waals surface area (Å²) in [4.78, 5) is 20.7. The molecule has 0 saturated heterocycles. The average Bonchev–Trinajstić information content (AvgIpc) is 2.89. The first kappa shape index (κ1) is 24.8. The summed E-state index contributed by atoms with van der Waals surface area (Å²) in [5.41, 5.74) is 1.82. The minimum atomic E-state index is -0.585. The van der Waals surface area contributed by atoms with Crippen LogP contribution in [-0.4, -0.2) is 64.4 Å². The molecule has 2 aromatic heterocycles. The zero-order chi connectivity index (χ0) is 24.6. The molecular weight excluding hydrogens is 442 g/mol. The van der Waals surface area contributed by atoms with Crippen molar-refractivity contribution in [2.24, 2.45) is 0 Å². The number of aryl methyl sites for hydroxylation is 1. The van der Waals surface area contributed by atoms with Gasteiger partial charge in [0.25, 0.3) is 0 Å². The maximum Gasteiger partial charge on any atom is 0.228 e. The fourth-order valence-electron chi connectivity index (χ4n) is 4.25. The van der Waals surface area contributed by atoms with E-state index < -0.39 is 6.10 Å². The van der Waals surface area contributed by atoms with Crippen molar-refractivity contribution in [2.75, 3.05) is 37.5 Å². The highest BCUT2D eigenvalue weighted by molar-refractivity contribution is 5.65. The first-order valence-electron chi connectivity index (χ1n) is 12.3. The van der Waals surface area contributed by atoms with Crippen LogP contribution in [0.1, 0.15) is 37.7 Å². The normalized spacial score (nSPS) is 15.0. The van der Waals surface area contributed by atoms with Crippen LogP contribution in [0.25, 0.3) is 11.4 Å². The van der Waals surface area contributed by atoms with Gasteiger partial charge >= 0.3 is 0 Å². The summed E-state index contributed by atoms with van der Waals surface area (Å²) < 4.78 is 5.80. The van der Waals surface area contributed by atoms with Crippen molar-refractivity contribution in [3.63, 3.8) is 0 Å². The number of aliphatic hydroxyl groups is 1. The summed E-state index contributed by atoms with van der Waals surface area (Å²) in [6.07, 6.45) is 9.08. The second-order valence-corrected chi connectivity index (χ2v) is 9.10. The Kier molecular flexibility index (Phi) is 8.44. The van der Waals surface area contributed by atoms with E-state index in [0.717, 1.165) is 29.8 Å². The first-order valence-corrected chi connectivity index (χ1v) is 12.3. The van der Waals surface area contributed by atoms with Crippen molar-refractivity contribution in [1.82, 2.24) is 25.3 Å². The molecule has 4 rings (SSSR count). The van der Waals surface area contributed by atoms with E-state index in [1.54, 1.807) is 19.4 Å². The van der Waals surface area contributed by atoms with Crippen LogP contribution in [-0.2, 0) is 0 Å². The van der Waals surface area contributed by atoms with Gasteiger partial charge in [-0.2, -0.15) is 0 Å². The van der Waals surface area contributed by atoms with E-state index in [0.29, 0.717) is 35.9 Å². The third-order valence-corrected chi connectivity index (χ3v) is 6.19. The largest absolute Gasteiger partial charge is 0.491 e. The molecule has 9 heteroatoms. The van der Waals surface area contributed by atoms with Gasteiger partial charge in [-0.25, -0.2) is 19.9 Å². The molecule has 0 spiro atoms. The number of ether oxygens (including phenoxy) is 1. The number of nitrogens with one attached hydrogen (secondary N) is 2. The SMILES string of the molecule is CNCC(O)COc1cccc(-c2nc(Nc3ncc(C)cn3)cc(N(C)C3CCCCC3)n2)c1. The van der Waals surface area contributed by atoms with Crippen LogP contribution in [0.4, 0.5) is 17.6 Å². The van der Waals surface area contributed by atoms with Crippen molar-refractivity contribution in [3.05, 3.63) is 48.3 Å². The molecule has 186 valence electrons. The third kappa shape index (κ3) is 6.86. The molecule has 3 aromatic rings. The van der Waals surface area contributed by atoms with Crippen molar-refractivity contribution < 1.29 is 9.84 Å². The lowest BCUT2D eigenvalue weighted by Gasteiger charge is -2.32. The van der Waals surface area contributed by atoms with Gasteiger partial charge in [0.2, 0.25) is 5.95 Å². The molecule has 1 aliphatic rings. The summed E-state index contributed by atoms with van der Waals surface area (Å²) in [7, 11) is 3.91. The summed E-state index contributed by atoms with van der Waals surface area (Å²) in [5, 5.41) is 16.2. The van der Waals surface area contributed by atoms with Crippen molar-refractivity contribution >= 4 is 17.6 Å². The summed E-state index contributed by atoms with van der Waals surface area (Å²) in [6, 6.07) is 10.0. The fourth-order valence-corrected chi connectivity index (χ4v) is 4.25. The van der Waals surface area contributed by atoms with E-state index >= 15 is 0 Å². The highest BCUT2D eigenvalue weighted by Gasteiger charge is 2.21. The van der Waals surface area contributed by atoms with Gasteiger partial charge in [-0.1, -0.05) is 31.4 Å². The van der Waals surface area contributed by atoms with Gasteiger partial charge in [0, 0.05) is 43.7 Å². The number of aromatic nitrogens is 4. The van der Waals surface area contributed by atoms with Crippen LogP contribution < -0.4 is 20.3 Å². The van der Waals surface area contributed by atoms with Crippen molar-refractivity contribution in [2.45, 2.75) is 51.2 Å². The summed E-state index contributed by atoms with van der Waals surface area (Å²) in [6.45, 7) is 2.62. The molecule has 0 bridgehead atoms. The van der Waals surface area contributed by atoms with Crippen LogP contribution in [0.3, 0.4) is 0 Å². The van der Waals surface area contributed by atoms with Gasteiger partial charge in [-0.3, -0.25) is 0 Å². The number of nitrogens with zero attached hydrogens (tertiary/aromatic N) is 5. The van der Waals surface area contributed by atoms with E-state index in [-0.39, 0.29) is 6.61 Å². The Bertz CT molecular complexity index is 1090. The van der Waals surface area contributed by atoms with Crippen LogP contribution in [0, 0.1) is 6.92 Å². The predicted octanol–water partition coefficient (Wildman–Crippen LogP) is 3.71. The quantitative estimate of drug-likeness (QED) is 0.403. The molecule has 3 N–H and O–H groups in total. The van der Waals surface area contributed by atoms with Crippen molar-refractivity contribution in [1.29, 1.82) is 0 Å². The Morgan fingerprint density at radius 2 is 1.89 bits per heavy atom. The van der Waals surface area contributed by atoms with Crippen LogP contribution in [0.15, 0.2) is 42.7 Å². The Morgan fingerprint density at radius 1 is 1.11 bits per heavy atom. The van der Waals surface area contributed by atoms with E-state index in [2.05, 4.69) is 32.5 Å². The molecule has 1 atom stereocenters. The first-order chi connectivity index (χ1) is 17.0. The molecule has 1 aromatic carbocycles.